The van der Waals surface area contributed by atoms with Gasteiger partial charge in [-0.3, -0.25) is 4.79 Å². The molecule has 5 nitrogen and oxygen atoms in total. The lowest BCUT2D eigenvalue weighted by atomic mass is 10.0. The third-order valence-electron chi connectivity index (χ3n) is 3.28. The number of hydrogen-bond donors (Lipinski definition) is 1. The van der Waals surface area contributed by atoms with Gasteiger partial charge in [0.2, 0.25) is 5.91 Å². The molecule has 1 aromatic carbocycles. The number of nitrogens with one attached hydrogen (secondary N) is 1. The van der Waals surface area contributed by atoms with E-state index in [2.05, 4.69) is 22.4 Å². The standard InChI is InChI=1S/C15H17N3O2S3/c1-2-21-14-17-18-15(23-14)22-9-13(19)16-11-7-8-20-12-6-4-3-5-10(11)12/h3-6,11H,2,7-9H2,1H3,(H,16,19). The number of para-hydroxylation sites is 1. The Hall–Kier alpha value is -1.25. The van der Waals surface area contributed by atoms with E-state index in [0.717, 1.165) is 32.2 Å². The van der Waals surface area contributed by atoms with Crippen molar-refractivity contribution in [1.82, 2.24) is 15.5 Å². The smallest absolute Gasteiger partial charge is 0.230 e. The summed E-state index contributed by atoms with van der Waals surface area (Å²) in [6.07, 6.45) is 0.795. The van der Waals surface area contributed by atoms with E-state index in [1.54, 1.807) is 11.8 Å². The van der Waals surface area contributed by atoms with Crippen LogP contribution in [0.2, 0.25) is 0 Å². The zero-order valence-electron chi connectivity index (χ0n) is 12.7. The number of aromatic nitrogens is 2. The SMILES string of the molecule is CCSc1nnc(SCC(=O)NC2CCOc3ccccc32)s1. The molecule has 1 aromatic heterocycles. The van der Waals surface area contributed by atoms with E-state index in [9.17, 15) is 4.79 Å². The molecule has 1 N–H and O–H groups in total. The molecule has 2 heterocycles. The van der Waals surface area contributed by atoms with Gasteiger partial charge in [0.05, 0.1) is 18.4 Å². The molecule has 0 spiro atoms. The van der Waals surface area contributed by atoms with Crippen LogP contribution in [0.3, 0.4) is 0 Å². The Morgan fingerprint density at radius 1 is 1.35 bits per heavy atom. The summed E-state index contributed by atoms with van der Waals surface area (Å²) >= 11 is 4.64. The average molecular weight is 368 g/mol. The molecule has 1 amide bonds. The van der Waals surface area contributed by atoms with Crippen LogP contribution in [0.1, 0.15) is 24.9 Å². The molecular weight excluding hydrogens is 350 g/mol. The highest BCUT2D eigenvalue weighted by Gasteiger charge is 2.22. The third kappa shape index (κ3) is 4.39. The van der Waals surface area contributed by atoms with Gasteiger partial charge in [0.25, 0.3) is 0 Å². The summed E-state index contributed by atoms with van der Waals surface area (Å²) in [7, 11) is 0. The molecular formula is C15H17N3O2S3. The van der Waals surface area contributed by atoms with E-state index in [0.29, 0.717) is 12.4 Å². The largest absolute Gasteiger partial charge is 0.493 e. The second kappa shape index (κ2) is 8.03. The highest BCUT2D eigenvalue weighted by atomic mass is 32.2. The molecule has 1 atom stereocenters. The molecule has 8 heteroatoms. The second-order valence-electron chi connectivity index (χ2n) is 4.85. The lowest BCUT2D eigenvalue weighted by Gasteiger charge is -2.26. The summed E-state index contributed by atoms with van der Waals surface area (Å²) in [4.78, 5) is 12.2. The number of benzene rings is 1. The maximum Gasteiger partial charge on any atom is 0.230 e. The molecule has 1 unspecified atom stereocenters. The first kappa shape index (κ1) is 16.6. The Kier molecular flexibility index (Phi) is 5.80. The van der Waals surface area contributed by atoms with Crippen LogP contribution in [-0.4, -0.2) is 34.2 Å². The summed E-state index contributed by atoms with van der Waals surface area (Å²) in [6.45, 7) is 2.71. The molecule has 0 bridgehead atoms. The summed E-state index contributed by atoms with van der Waals surface area (Å²) in [5.74, 6) is 2.20. The Morgan fingerprint density at radius 2 is 2.13 bits per heavy atom. The van der Waals surface area contributed by atoms with Gasteiger partial charge in [-0.05, 0) is 11.8 Å². The first-order valence-corrected chi connectivity index (χ1v) is 10.1. The number of amides is 1. The van der Waals surface area contributed by atoms with E-state index in [-0.39, 0.29) is 11.9 Å². The fraction of sp³-hybridized carbons (Fsp3) is 0.400. The summed E-state index contributed by atoms with van der Waals surface area (Å²) in [5, 5.41) is 11.3. The number of hydrogen-bond acceptors (Lipinski definition) is 7. The molecule has 0 fully saturated rings. The zero-order valence-corrected chi connectivity index (χ0v) is 15.1. The van der Waals surface area contributed by atoms with Crippen molar-refractivity contribution < 1.29 is 9.53 Å². The van der Waals surface area contributed by atoms with Crippen molar-refractivity contribution in [3.8, 4) is 5.75 Å². The van der Waals surface area contributed by atoms with Gasteiger partial charge >= 0.3 is 0 Å². The van der Waals surface area contributed by atoms with Crippen molar-refractivity contribution >= 4 is 40.8 Å². The summed E-state index contributed by atoms with van der Waals surface area (Å²) in [5.41, 5.74) is 1.05. The maximum absolute atomic E-state index is 12.2. The van der Waals surface area contributed by atoms with Gasteiger partial charge in [-0.25, -0.2) is 0 Å². The van der Waals surface area contributed by atoms with Gasteiger partial charge in [0, 0.05) is 12.0 Å². The lowest BCUT2D eigenvalue weighted by molar-refractivity contribution is -0.119. The van der Waals surface area contributed by atoms with Crippen molar-refractivity contribution in [1.29, 1.82) is 0 Å². The van der Waals surface area contributed by atoms with Gasteiger partial charge in [-0.2, -0.15) is 0 Å². The second-order valence-corrected chi connectivity index (χ2v) is 8.56. The Labute approximate surface area is 147 Å². The molecule has 122 valence electrons. The molecule has 2 aromatic rings. The predicted molar refractivity (Wildman–Crippen MR) is 94.5 cm³/mol. The molecule has 0 aliphatic carbocycles. The maximum atomic E-state index is 12.2. The summed E-state index contributed by atoms with van der Waals surface area (Å²) < 4.78 is 7.40. The first-order valence-electron chi connectivity index (χ1n) is 7.36. The van der Waals surface area contributed by atoms with Crippen LogP contribution in [0, 0.1) is 0 Å². The van der Waals surface area contributed by atoms with Crippen molar-refractivity contribution in [2.45, 2.75) is 28.1 Å². The number of thioether (sulfide) groups is 2. The summed E-state index contributed by atoms with van der Waals surface area (Å²) in [6, 6.07) is 7.88. The van der Waals surface area contributed by atoms with Crippen molar-refractivity contribution in [2.24, 2.45) is 0 Å². The fourth-order valence-electron chi connectivity index (χ4n) is 2.29. The molecule has 1 aliphatic heterocycles. The van der Waals surface area contributed by atoms with Crippen LogP contribution in [0.25, 0.3) is 0 Å². The Bertz CT molecular complexity index is 677. The number of carbonyl (C=O) groups is 1. The molecule has 0 saturated carbocycles. The molecule has 0 radical (unpaired) electrons. The molecule has 23 heavy (non-hydrogen) atoms. The van der Waals surface area contributed by atoms with Crippen LogP contribution in [0.15, 0.2) is 32.9 Å². The number of ether oxygens (including phenoxy) is 1. The fourth-order valence-corrected chi connectivity index (χ4v) is 5.02. The first-order chi connectivity index (χ1) is 11.3. The topological polar surface area (TPSA) is 64.1 Å². The Balaban J connectivity index is 1.53. The highest BCUT2D eigenvalue weighted by molar-refractivity contribution is 8.03. The van der Waals surface area contributed by atoms with Crippen LogP contribution in [-0.2, 0) is 4.79 Å². The minimum Gasteiger partial charge on any atom is -0.493 e. The number of carbonyl (C=O) groups excluding carboxylic acids is 1. The van der Waals surface area contributed by atoms with Crippen LogP contribution in [0.5, 0.6) is 5.75 Å². The van der Waals surface area contributed by atoms with Gasteiger partial charge in [0.15, 0.2) is 8.68 Å². The van der Waals surface area contributed by atoms with E-state index >= 15 is 0 Å². The van der Waals surface area contributed by atoms with Crippen molar-refractivity contribution in [3.63, 3.8) is 0 Å². The van der Waals surface area contributed by atoms with Crippen molar-refractivity contribution in [2.75, 3.05) is 18.1 Å². The van der Waals surface area contributed by atoms with Crippen LogP contribution >= 0.6 is 34.9 Å². The predicted octanol–water partition coefficient (Wildman–Crippen LogP) is 3.38. The number of fused-ring (bicyclic) bond motifs is 1. The van der Waals surface area contributed by atoms with Gasteiger partial charge in [-0.15, -0.1) is 10.2 Å². The van der Waals surface area contributed by atoms with E-state index in [1.165, 1.54) is 23.1 Å². The van der Waals surface area contributed by atoms with Gasteiger partial charge in [0.1, 0.15) is 5.75 Å². The molecule has 0 saturated heterocycles. The minimum absolute atomic E-state index is 0.0107. The average Bonchev–Trinajstić information content (AvgIpc) is 3.01. The van der Waals surface area contributed by atoms with E-state index in [4.69, 9.17) is 4.74 Å². The number of rotatable bonds is 6. The minimum atomic E-state index is 0.0107. The monoisotopic (exact) mass is 367 g/mol. The number of nitrogens with zero attached hydrogens (tertiary/aromatic N) is 2. The molecule has 3 rings (SSSR count). The van der Waals surface area contributed by atoms with Crippen molar-refractivity contribution in [3.05, 3.63) is 29.8 Å². The normalized spacial score (nSPS) is 16.5. The van der Waals surface area contributed by atoms with Crippen LogP contribution in [0.4, 0.5) is 0 Å². The lowest BCUT2D eigenvalue weighted by Crippen LogP contribution is -2.33. The quantitative estimate of drug-likeness (QED) is 0.790. The molecule has 1 aliphatic rings. The third-order valence-corrected chi connectivity index (χ3v) is 6.35. The Morgan fingerprint density at radius 3 is 2.96 bits per heavy atom. The van der Waals surface area contributed by atoms with Gasteiger partial charge < -0.3 is 10.1 Å². The zero-order chi connectivity index (χ0) is 16.1. The van der Waals surface area contributed by atoms with Crippen LogP contribution < -0.4 is 10.1 Å². The van der Waals surface area contributed by atoms with Gasteiger partial charge in [-0.1, -0.05) is 60.0 Å². The van der Waals surface area contributed by atoms with E-state index < -0.39 is 0 Å². The van der Waals surface area contributed by atoms with E-state index in [1.807, 2.05) is 24.3 Å². The highest BCUT2D eigenvalue weighted by Crippen LogP contribution is 2.32.